The van der Waals surface area contributed by atoms with E-state index < -0.39 is 0 Å². The minimum absolute atomic E-state index is 0. The number of ether oxygens (including phenoxy) is 2. The van der Waals surface area contributed by atoms with Crippen LogP contribution in [-0.4, -0.2) is 17.5 Å². The van der Waals surface area contributed by atoms with Gasteiger partial charge in [0.2, 0.25) is 0 Å². The van der Waals surface area contributed by atoms with Gasteiger partial charge in [0.25, 0.3) is 0 Å². The molecule has 0 saturated carbocycles. The first-order valence-corrected chi connectivity index (χ1v) is 7.56. The molecule has 4 heteroatoms. The van der Waals surface area contributed by atoms with Gasteiger partial charge in [-0.05, 0) is 33.3 Å². The summed E-state index contributed by atoms with van der Waals surface area (Å²) in [7, 11) is 0. The van der Waals surface area contributed by atoms with Crippen LogP contribution in [0.15, 0.2) is 56.1 Å². The van der Waals surface area contributed by atoms with Gasteiger partial charge in [-0.3, -0.25) is 9.59 Å². The third-order valence-electron chi connectivity index (χ3n) is 1.73. The molecule has 1 rings (SSSR count). The van der Waals surface area contributed by atoms with Gasteiger partial charge >= 0.3 is 11.9 Å². The molecule has 1 aromatic carbocycles. The van der Waals surface area contributed by atoms with Crippen LogP contribution in [0, 0.1) is 0 Å². The number of hydrogen-bond donors (Lipinski definition) is 0. The molecule has 0 saturated heterocycles. The Bertz CT molecular complexity index is 445. The van der Waals surface area contributed by atoms with Crippen LogP contribution in [0.1, 0.15) is 54.5 Å². The highest BCUT2D eigenvalue weighted by Gasteiger charge is 2.11. The standard InChI is InChI=1S/C9H10O2.C6H12O2.C3H6.C2H4.CH4/c1-8(10)11-7-9-5-3-2-4-6-9;1-5(7)8-6(2,3)4;1-3-2;1-2;/h2-6H,7H2,1H3;1-4H3;3H,1H2,2H3;1-2H2;1H4. The van der Waals surface area contributed by atoms with Crippen LogP contribution in [0.3, 0.4) is 0 Å². The Balaban J connectivity index is -0.000000140. The number of carbonyl (C=O) groups excluding carboxylic acids is 2. The third-order valence-corrected chi connectivity index (χ3v) is 1.73. The van der Waals surface area contributed by atoms with E-state index in [0.717, 1.165) is 5.56 Å². The van der Waals surface area contributed by atoms with E-state index in [1.807, 2.05) is 58.0 Å². The molecule has 0 fully saturated rings. The summed E-state index contributed by atoms with van der Waals surface area (Å²) < 4.78 is 9.59. The quantitative estimate of drug-likeness (QED) is 0.504. The summed E-state index contributed by atoms with van der Waals surface area (Å²) in [5.41, 5.74) is 0.689. The molecule has 0 atom stereocenters. The lowest BCUT2D eigenvalue weighted by molar-refractivity contribution is -0.152. The van der Waals surface area contributed by atoms with Gasteiger partial charge in [0.1, 0.15) is 12.2 Å². The minimum Gasteiger partial charge on any atom is -0.461 e. The normalized spacial score (nSPS) is 8.24. The number of rotatable bonds is 2. The molecule has 0 N–H and O–H groups in total. The number of benzene rings is 1. The highest BCUT2D eigenvalue weighted by molar-refractivity contribution is 5.66. The lowest BCUT2D eigenvalue weighted by Gasteiger charge is -2.17. The van der Waals surface area contributed by atoms with Crippen LogP contribution in [0.5, 0.6) is 0 Å². The van der Waals surface area contributed by atoms with Crippen LogP contribution in [0.2, 0.25) is 0 Å². The Hall–Kier alpha value is -2.36. The molecule has 0 bridgehead atoms. The Morgan fingerprint density at radius 1 is 1.04 bits per heavy atom. The molecule has 0 amide bonds. The van der Waals surface area contributed by atoms with Crippen molar-refractivity contribution in [3.8, 4) is 0 Å². The molecule has 0 aromatic heterocycles. The average molecular weight is 353 g/mol. The zero-order valence-electron chi connectivity index (χ0n) is 15.9. The van der Waals surface area contributed by atoms with Gasteiger partial charge in [0.05, 0.1) is 0 Å². The number of carbonyl (C=O) groups is 2. The lowest BCUT2D eigenvalue weighted by Crippen LogP contribution is -2.21. The van der Waals surface area contributed by atoms with Crippen molar-refractivity contribution in [2.24, 2.45) is 0 Å². The zero-order chi connectivity index (χ0) is 19.6. The van der Waals surface area contributed by atoms with Gasteiger partial charge in [-0.15, -0.1) is 19.7 Å². The van der Waals surface area contributed by atoms with Crippen molar-refractivity contribution >= 4 is 11.9 Å². The van der Waals surface area contributed by atoms with Gasteiger partial charge in [0.15, 0.2) is 0 Å². The topological polar surface area (TPSA) is 52.6 Å². The van der Waals surface area contributed by atoms with Crippen molar-refractivity contribution in [2.75, 3.05) is 0 Å². The highest BCUT2D eigenvalue weighted by Crippen LogP contribution is 2.05. The van der Waals surface area contributed by atoms with Gasteiger partial charge in [0, 0.05) is 13.8 Å². The molecular weight excluding hydrogens is 316 g/mol. The third kappa shape index (κ3) is 34.1. The highest BCUT2D eigenvalue weighted by atomic mass is 16.6. The molecule has 0 aliphatic rings. The van der Waals surface area contributed by atoms with Crippen LogP contribution in [0.25, 0.3) is 0 Å². The predicted octanol–water partition coefficient (Wildman–Crippen LogP) is 5.73. The largest absolute Gasteiger partial charge is 0.461 e. The lowest BCUT2D eigenvalue weighted by atomic mass is 10.2. The minimum atomic E-state index is -0.328. The molecule has 0 aliphatic carbocycles. The number of hydrogen-bond acceptors (Lipinski definition) is 4. The van der Waals surface area contributed by atoms with Gasteiger partial charge in [-0.25, -0.2) is 0 Å². The number of esters is 2. The molecule has 25 heavy (non-hydrogen) atoms. The summed E-state index contributed by atoms with van der Waals surface area (Å²) in [5.74, 6) is -0.466. The molecule has 0 heterocycles. The maximum atomic E-state index is 10.4. The van der Waals surface area contributed by atoms with E-state index in [0.29, 0.717) is 6.61 Å². The SMILES string of the molecule is C.C=C.C=CC.CC(=O)OC(C)(C)C.CC(=O)OCc1ccccc1. The molecule has 0 unspecified atom stereocenters. The van der Waals surface area contributed by atoms with Crippen LogP contribution in [-0.2, 0) is 25.7 Å². The fourth-order valence-electron chi connectivity index (χ4n) is 1.19. The summed E-state index contributed by atoms with van der Waals surface area (Å²) >= 11 is 0. The van der Waals surface area contributed by atoms with Crippen LogP contribution in [0.4, 0.5) is 0 Å². The average Bonchev–Trinajstić information content (AvgIpc) is 2.47. The fraction of sp³-hybridized carbons (Fsp3) is 0.429. The van der Waals surface area contributed by atoms with Gasteiger partial charge in [-0.1, -0.05) is 43.8 Å². The van der Waals surface area contributed by atoms with E-state index in [9.17, 15) is 9.59 Å². The Morgan fingerprint density at radius 3 is 1.68 bits per heavy atom. The Morgan fingerprint density at radius 2 is 1.44 bits per heavy atom. The fourth-order valence-corrected chi connectivity index (χ4v) is 1.19. The summed E-state index contributed by atoms with van der Waals surface area (Å²) in [6, 6.07) is 9.60. The Labute approximate surface area is 154 Å². The van der Waals surface area contributed by atoms with Crippen molar-refractivity contribution in [3.05, 3.63) is 61.7 Å². The summed E-state index contributed by atoms with van der Waals surface area (Å²) in [4.78, 5) is 20.6. The van der Waals surface area contributed by atoms with E-state index in [2.05, 4.69) is 19.7 Å². The first kappa shape index (κ1) is 30.5. The van der Waals surface area contributed by atoms with E-state index in [4.69, 9.17) is 9.47 Å². The predicted molar refractivity (Wildman–Crippen MR) is 107 cm³/mol. The summed E-state index contributed by atoms with van der Waals surface area (Å²) in [5, 5.41) is 0. The van der Waals surface area contributed by atoms with Crippen LogP contribution < -0.4 is 0 Å². The van der Waals surface area contributed by atoms with Gasteiger partial charge in [-0.2, -0.15) is 0 Å². The van der Waals surface area contributed by atoms with Crippen molar-refractivity contribution < 1.29 is 19.1 Å². The molecule has 0 aliphatic heterocycles. The van der Waals surface area contributed by atoms with Crippen molar-refractivity contribution in [3.63, 3.8) is 0 Å². The second-order valence-corrected chi connectivity index (χ2v) is 5.38. The molecule has 0 radical (unpaired) electrons. The monoisotopic (exact) mass is 352 g/mol. The zero-order valence-corrected chi connectivity index (χ0v) is 15.9. The summed E-state index contributed by atoms with van der Waals surface area (Å²) in [6.45, 7) is 20.0. The van der Waals surface area contributed by atoms with E-state index >= 15 is 0 Å². The Kier molecular flexibility index (Phi) is 24.0. The maximum Gasteiger partial charge on any atom is 0.303 e. The van der Waals surface area contributed by atoms with Crippen molar-refractivity contribution in [1.29, 1.82) is 0 Å². The smallest absolute Gasteiger partial charge is 0.303 e. The molecular formula is C21H36O4. The van der Waals surface area contributed by atoms with Gasteiger partial charge < -0.3 is 9.47 Å². The summed E-state index contributed by atoms with van der Waals surface area (Å²) in [6.07, 6.45) is 1.75. The van der Waals surface area contributed by atoms with E-state index in [-0.39, 0.29) is 25.0 Å². The molecule has 0 spiro atoms. The first-order chi connectivity index (χ1) is 11.1. The molecule has 1 aromatic rings. The van der Waals surface area contributed by atoms with Crippen LogP contribution >= 0.6 is 0 Å². The maximum absolute atomic E-state index is 10.4. The number of allylic oxidation sites excluding steroid dienone is 1. The van der Waals surface area contributed by atoms with E-state index in [1.54, 1.807) is 6.08 Å². The second kappa shape index (κ2) is 19.7. The molecule has 144 valence electrons. The van der Waals surface area contributed by atoms with E-state index in [1.165, 1.54) is 13.8 Å². The second-order valence-electron chi connectivity index (χ2n) is 5.38. The van der Waals surface area contributed by atoms with Crippen molar-refractivity contribution in [1.82, 2.24) is 0 Å². The first-order valence-electron chi connectivity index (χ1n) is 7.56. The molecule has 4 nitrogen and oxygen atoms in total. The van der Waals surface area contributed by atoms with Crippen molar-refractivity contribution in [2.45, 2.75) is 61.2 Å².